The number of carbonyl (C=O) groups excluding carboxylic acids is 2. The number of thiophene rings is 1. The van der Waals surface area contributed by atoms with Gasteiger partial charge in [-0.1, -0.05) is 0 Å². The molecule has 1 spiro atoms. The van der Waals surface area contributed by atoms with Crippen LogP contribution in [0.15, 0.2) is 21.2 Å². The quantitative estimate of drug-likeness (QED) is 0.860. The fourth-order valence-corrected chi connectivity index (χ4v) is 3.86. The number of amides is 2. The number of hydrogen-bond acceptors (Lipinski definition) is 6. The zero-order valence-corrected chi connectivity index (χ0v) is 13.5. The van der Waals surface area contributed by atoms with E-state index in [9.17, 15) is 9.59 Å². The number of hydrogen-bond donors (Lipinski definition) is 0. The summed E-state index contributed by atoms with van der Waals surface area (Å²) in [4.78, 5) is 30.3. The summed E-state index contributed by atoms with van der Waals surface area (Å²) in [6.45, 7) is 1.88. The molecule has 120 valence electrons. The molecule has 2 amide bonds. The SMILES string of the molecule is Cc1oc(-c2ccsc2)nc1CN1C(=O)OC2(CCCC2)C1=O. The highest BCUT2D eigenvalue weighted by atomic mass is 32.1. The van der Waals surface area contributed by atoms with Crippen molar-refractivity contribution in [3.05, 3.63) is 28.3 Å². The molecule has 23 heavy (non-hydrogen) atoms. The Balaban J connectivity index is 1.59. The maximum Gasteiger partial charge on any atom is 0.418 e. The summed E-state index contributed by atoms with van der Waals surface area (Å²) < 4.78 is 11.1. The van der Waals surface area contributed by atoms with Gasteiger partial charge in [0.25, 0.3) is 5.91 Å². The van der Waals surface area contributed by atoms with E-state index >= 15 is 0 Å². The number of ether oxygens (including phenoxy) is 1. The Morgan fingerprint density at radius 1 is 1.35 bits per heavy atom. The summed E-state index contributed by atoms with van der Waals surface area (Å²) in [6.07, 6.45) is 2.49. The number of rotatable bonds is 3. The molecule has 1 aliphatic carbocycles. The Hall–Kier alpha value is -2.15. The number of carbonyl (C=O) groups is 2. The number of nitrogens with zero attached hydrogens (tertiary/aromatic N) is 2. The van der Waals surface area contributed by atoms with Crippen molar-refractivity contribution < 1.29 is 18.7 Å². The molecule has 3 heterocycles. The van der Waals surface area contributed by atoms with Gasteiger partial charge in [-0.3, -0.25) is 4.79 Å². The summed E-state index contributed by atoms with van der Waals surface area (Å²) in [6, 6.07) is 1.92. The van der Waals surface area contributed by atoms with E-state index in [1.54, 1.807) is 18.3 Å². The summed E-state index contributed by atoms with van der Waals surface area (Å²) >= 11 is 1.56. The highest BCUT2D eigenvalue weighted by Crippen LogP contribution is 2.40. The molecule has 0 radical (unpaired) electrons. The molecular formula is C16H16N2O4S. The summed E-state index contributed by atoms with van der Waals surface area (Å²) in [7, 11) is 0. The van der Waals surface area contributed by atoms with Gasteiger partial charge in [0.05, 0.1) is 6.54 Å². The first kappa shape index (κ1) is 14.4. The van der Waals surface area contributed by atoms with Crippen LogP contribution in [0.2, 0.25) is 0 Å². The molecule has 2 aliphatic rings. The van der Waals surface area contributed by atoms with Gasteiger partial charge in [0.1, 0.15) is 11.5 Å². The van der Waals surface area contributed by atoms with Crippen molar-refractivity contribution in [2.45, 2.75) is 44.8 Å². The van der Waals surface area contributed by atoms with Crippen LogP contribution in [0.4, 0.5) is 4.79 Å². The Morgan fingerprint density at radius 3 is 2.83 bits per heavy atom. The lowest BCUT2D eigenvalue weighted by atomic mass is 10.0. The molecule has 7 heteroatoms. The highest BCUT2D eigenvalue weighted by Gasteiger charge is 2.55. The van der Waals surface area contributed by atoms with E-state index in [1.165, 1.54) is 0 Å². The molecule has 0 aromatic carbocycles. The van der Waals surface area contributed by atoms with Crippen molar-refractivity contribution in [3.8, 4) is 11.5 Å². The molecule has 2 fully saturated rings. The Labute approximate surface area is 137 Å². The molecule has 0 atom stereocenters. The van der Waals surface area contributed by atoms with E-state index in [0.29, 0.717) is 30.2 Å². The van der Waals surface area contributed by atoms with Crippen LogP contribution in [0.1, 0.15) is 37.1 Å². The van der Waals surface area contributed by atoms with Gasteiger partial charge in [0.15, 0.2) is 5.60 Å². The summed E-state index contributed by atoms with van der Waals surface area (Å²) in [5, 5.41) is 3.89. The Kier molecular flexibility index (Phi) is 3.26. The molecule has 0 bridgehead atoms. The fraction of sp³-hybridized carbons (Fsp3) is 0.438. The largest absolute Gasteiger partial charge is 0.441 e. The lowest BCUT2D eigenvalue weighted by molar-refractivity contribution is -0.136. The maximum atomic E-state index is 12.6. The van der Waals surface area contributed by atoms with E-state index in [0.717, 1.165) is 23.3 Å². The van der Waals surface area contributed by atoms with Crippen molar-refractivity contribution >= 4 is 23.3 Å². The monoisotopic (exact) mass is 332 g/mol. The molecule has 0 unspecified atom stereocenters. The number of aryl methyl sites for hydroxylation is 1. The van der Waals surface area contributed by atoms with Crippen molar-refractivity contribution in [1.29, 1.82) is 0 Å². The van der Waals surface area contributed by atoms with Gasteiger partial charge in [-0.15, -0.1) is 0 Å². The average Bonchev–Trinajstić information content (AvgIpc) is 3.27. The fourth-order valence-electron chi connectivity index (χ4n) is 3.23. The van der Waals surface area contributed by atoms with Gasteiger partial charge in [-0.2, -0.15) is 11.3 Å². The predicted octanol–water partition coefficient (Wildman–Crippen LogP) is 3.50. The van der Waals surface area contributed by atoms with Crippen molar-refractivity contribution in [1.82, 2.24) is 9.88 Å². The molecule has 1 saturated heterocycles. The first-order chi connectivity index (χ1) is 11.1. The third-order valence-electron chi connectivity index (χ3n) is 4.52. The van der Waals surface area contributed by atoms with Crippen molar-refractivity contribution in [2.24, 2.45) is 0 Å². The number of oxazole rings is 1. The van der Waals surface area contributed by atoms with Crippen LogP contribution in [0, 0.1) is 6.92 Å². The van der Waals surface area contributed by atoms with E-state index in [1.807, 2.05) is 16.8 Å². The minimum atomic E-state index is -0.926. The van der Waals surface area contributed by atoms with Gasteiger partial charge in [-0.05, 0) is 44.1 Å². The molecule has 1 aliphatic heterocycles. The van der Waals surface area contributed by atoms with Gasteiger partial charge in [-0.25, -0.2) is 14.7 Å². The van der Waals surface area contributed by atoms with Crippen LogP contribution < -0.4 is 0 Å². The van der Waals surface area contributed by atoms with Gasteiger partial charge >= 0.3 is 6.09 Å². The second-order valence-electron chi connectivity index (χ2n) is 5.99. The molecule has 1 saturated carbocycles. The van der Waals surface area contributed by atoms with Crippen LogP contribution in [0.5, 0.6) is 0 Å². The van der Waals surface area contributed by atoms with Gasteiger partial charge < -0.3 is 9.15 Å². The third-order valence-corrected chi connectivity index (χ3v) is 5.20. The topological polar surface area (TPSA) is 72.6 Å². The minimum absolute atomic E-state index is 0.0961. The van der Waals surface area contributed by atoms with E-state index < -0.39 is 11.7 Å². The van der Waals surface area contributed by atoms with Crippen LogP contribution in [-0.4, -0.2) is 27.5 Å². The van der Waals surface area contributed by atoms with Crippen molar-refractivity contribution in [3.63, 3.8) is 0 Å². The number of aromatic nitrogens is 1. The van der Waals surface area contributed by atoms with E-state index in [2.05, 4.69) is 4.98 Å². The van der Waals surface area contributed by atoms with E-state index in [-0.39, 0.29) is 12.5 Å². The molecule has 2 aromatic heterocycles. The van der Waals surface area contributed by atoms with Crippen LogP contribution >= 0.6 is 11.3 Å². The Morgan fingerprint density at radius 2 is 2.13 bits per heavy atom. The van der Waals surface area contributed by atoms with Crippen LogP contribution in [0.25, 0.3) is 11.5 Å². The van der Waals surface area contributed by atoms with Crippen LogP contribution in [0.3, 0.4) is 0 Å². The third kappa shape index (κ3) is 2.26. The second-order valence-corrected chi connectivity index (χ2v) is 6.77. The normalized spacial score (nSPS) is 19.8. The molecule has 2 aromatic rings. The minimum Gasteiger partial charge on any atom is -0.441 e. The highest BCUT2D eigenvalue weighted by molar-refractivity contribution is 7.08. The molecule has 4 rings (SSSR count). The Bertz CT molecular complexity index is 759. The summed E-state index contributed by atoms with van der Waals surface area (Å²) in [5.41, 5.74) is 0.559. The summed E-state index contributed by atoms with van der Waals surface area (Å²) in [5.74, 6) is 0.882. The van der Waals surface area contributed by atoms with E-state index in [4.69, 9.17) is 9.15 Å². The first-order valence-corrected chi connectivity index (χ1v) is 8.57. The maximum absolute atomic E-state index is 12.6. The van der Waals surface area contributed by atoms with Crippen molar-refractivity contribution in [2.75, 3.05) is 0 Å². The second kappa shape index (κ2) is 5.19. The smallest absolute Gasteiger partial charge is 0.418 e. The zero-order chi connectivity index (χ0) is 16.0. The zero-order valence-electron chi connectivity index (χ0n) is 12.7. The standard InChI is InChI=1S/C16H16N2O4S/c1-10-12(17-13(21-10)11-4-7-23-9-11)8-18-14(19)16(22-15(18)20)5-2-3-6-16/h4,7,9H,2-3,5-6,8H2,1H3. The number of imide groups is 1. The molecule has 0 N–H and O–H groups in total. The van der Waals surface area contributed by atoms with Gasteiger partial charge in [0.2, 0.25) is 5.89 Å². The molecule has 6 nitrogen and oxygen atoms in total. The molecular weight excluding hydrogens is 316 g/mol. The predicted molar refractivity (Wildman–Crippen MR) is 82.8 cm³/mol. The average molecular weight is 332 g/mol. The van der Waals surface area contributed by atoms with Crippen LogP contribution in [-0.2, 0) is 16.1 Å². The van der Waals surface area contributed by atoms with Gasteiger partial charge in [0, 0.05) is 10.9 Å². The lowest BCUT2D eigenvalue weighted by Gasteiger charge is -2.17. The lowest BCUT2D eigenvalue weighted by Crippen LogP contribution is -2.38. The first-order valence-electron chi connectivity index (χ1n) is 7.63.